The number of ether oxygens (including phenoxy) is 1. The van der Waals surface area contributed by atoms with Crippen LogP contribution in [0.1, 0.15) is 20.3 Å². The Bertz CT molecular complexity index is 333. The molecular weight excluding hydrogens is 229 g/mol. The Balaban J connectivity index is 2.46. The molecule has 0 spiro atoms. The Hall–Kier alpha value is -0.800. The molecule has 0 saturated carbocycles. The van der Waals surface area contributed by atoms with Crippen LogP contribution < -0.4 is 10.1 Å². The summed E-state index contributed by atoms with van der Waals surface area (Å²) in [7, 11) is 0. The minimum atomic E-state index is -0.353. The molecule has 90 valence electrons. The van der Waals surface area contributed by atoms with E-state index >= 15 is 0 Å². The number of rotatable bonds is 6. The third-order valence-corrected chi connectivity index (χ3v) is 2.38. The Morgan fingerprint density at radius 3 is 2.88 bits per heavy atom. The molecule has 0 aliphatic carbocycles. The van der Waals surface area contributed by atoms with Crippen LogP contribution >= 0.6 is 11.6 Å². The van der Waals surface area contributed by atoms with Gasteiger partial charge in [0.15, 0.2) is 0 Å². The van der Waals surface area contributed by atoms with Crippen LogP contribution in [0, 0.1) is 5.82 Å². The van der Waals surface area contributed by atoms with Crippen LogP contribution in [0.2, 0.25) is 5.02 Å². The molecule has 1 N–H and O–H groups in total. The van der Waals surface area contributed by atoms with E-state index in [1.807, 2.05) is 6.92 Å². The topological polar surface area (TPSA) is 21.3 Å². The molecule has 0 fully saturated rings. The summed E-state index contributed by atoms with van der Waals surface area (Å²) in [6.07, 6.45) is 1.10. The Morgan fingerprint density at radius 2 is 2.25 bits per heavy atom. The molecule has 0 radical (unpaired) electrons. The normalized spacial score (nSPS) is 12.5. The fourth-order valence-corrected chi connectivity index (χ4v) is 1.52. The predicted molar refractivity (Wildman–Crippen MR) is 64.7 cm³/mol. The van der Waals surface area contributed by atoms with E-state index in [-0.39, 0.29) is 11.9 Å². The van der Waals surface area contributed by atoms with Gasteiger partial charge in [0.2, 0.25) is 0 Å². The Morgan fingerprint density at radius 1 is 1.50 bits per heavy atom. The van der Waals surface area contributed by atoms with Crippen LogP contribution in [-0.4, -0.2) is 19.2 Å². The van der Waals surface area contributed by atoms with Crippen LogP contribution in [-0.2, 0) is 0 Å². The molecule has 0 heterocycles. The number of hydrogen-bond donors (Lipinski definition) is 1. The summed E-state index contributed by atoms with van der Waals surface area (Å²) >= 11 is 5.85. The summed E-state index contributed by atoms with van der Waals surface area (Å²) in [5.41, 5.74) is 0. The second kappa shape index (κ2) is 6.71. The molecule has 2 nitrogen and oxygen atoms in total. The van der Waals surface area contributed by atoms with Crippen molar-refractivity contribution in [2.75, 3.05) is 13.1 Å². The monoisotopic (exact) mass is 245 g/mol. The minimum Gasteiger partial charge on any atom is -0.488 e. The van der Waals surface area contributed by atoms with Gasteiger partial charge in [-0.05, 0) is 38.1 Å². The van der Waals surface area contributed by atoms with Crippen molar-refractivity contribution in [3.63, 3.8) is 0 Å². The Labute approximate surface area is 101 Å². The van der Waals surface area contributed by atoms with Crippen molar-refractivity contribution in [1.29, 1.82) is 0 Å². The van der Waals surface area contributed by atoms with Gasteiger partial charge in [0.25, 0.3) is 0 Å². The molecular formula is C12H17ClFNO. The largest absolute Gasteiger partial charge is 0.488 e. The van der Waals surface area contributed by atoms with E-state index in [1.54, 1.807) is 6.07 Å². The lowest BCUT2D eigenvalue weighted by Gasteiger charge is -2.16. The van der Waals surface area contributed by atoms with E-state index < -0.39 is 0 Å². The van der Waals surface area contributed by atoms with Crippen molar-refractivity contribution >= 4 is 11.6 Å². The SMILES string of the molecule is CCCNCC(C)Oc1ccc(F)cc1Cl. The van der Waals surface area contributed by atoms with Gasteiger partial charge in [-0.1, -0.05) is 18.5 Å². The molecule has 1 unspecified atom stereocenters. The third kappa shape index (κ3) is 4.37. The lowest BCUT2D eigenvalue weighted by Crippen LogP contribution is -2.29. The van der Waals surface area contributed by atoms with Crippen LogP contribution in [0.4, 0.5) is 4.39 Å². The molecule has 1 rings (SSSR count). The Kier molecular flexibility index (Phi) is 5.56. The standard InChI is InChI=1S/C12H17ClFNO/c1-3-6-15-8-9(2)16-12-5-4-10(14)7-11(12)13/h4-5,7,9,15H,3,6,8H2,1-2H3. The van der Waals surface area contributed by atoms with E-state index in [0.717, 1.165) is 19.5 Å². The highest BCUT2D eigenvalue weighted by Gasteiger charge is 2.07. The van der Waals surface area contributed by atoms with Crippen molar-refractivity contribution in [3.05, 3.63) is 29.0 Å². The minimum absolute atomic E-state index is 0.00881. The maximum absolute atomic E-state index is 12.8. The maximum Gasteiger partial charge on any atom is 0.138 e. The fraction of sp³-hybridized carbons (Fsp3) is 0.500. The van der Waals surface area contributed by atoms with Crippen molar-refractivity contribution in [2.45, 2.75) is 26.4 Å². The summed E-state index contributed by atoms with van der Waals surface area (Å²) < 4.78 is 18.4. The summed E-state index contributed by atoms with van der Waals surface area (Å²) in [6, 6.07) is 4.14. The molecule has 0 aliphatic rings. The van der Waals surface area contributed by atoms with Gasteiger partial charge in [-0.2, -0.15) is 0 Å². The highest BCUT2D eigenvalue weighted by Crippen LogP contribution is 2.25. The van der Waals surface area contributed by atoms with Crippen LogP contribution in [0.25, 0.3) is 0 Å². The molecule has 4 heteroatoms. The maximum atomic E-state index is 12.8. The molecule has 0 amide bonds. The second-order valence-corrected chi connectivity index (χ2v) is 4.11. The molecule has 1 atom stereocenters. The smallest absolute Gasteiger partial charge is 0.138 e. The van der Waals surface area contributed by atoms with E-state index in [2.05, 4.69) is 12.2 Å². The second-order valence-electron chi connectivity index (χ2n) is 3.71. The van der Waals surface area contributed by atoms with E-state index in [1.165, 1.54) is 12.1 Å². The van der Waals surface area contributed by atoms with Crippen LogP contribution in [0.15, 0.2) is 18.2 Å². The summed E-state index contributed by atoms with van der Waals surface area (Å²) in [5, 5.41) is 3.55. The van der Waals surface area contributed by atoms with Gasteiger partial charge in [-0.3, -0.25) is 0 Å². The van der Waals surface area contributed by atoms with Gasteiger partial charge in [-0.15, -0.1) is 0 Å². The number of halogens is 2. The van der Waals surface area contributed by atoms with Gasteiger partial charge in [-0.25, -0.2) is 4.39 Å². The lowest BCUT2D eigenvalue weighted by atomic mass is 10.3. The molecule has 0 aromatic heterocycles. The third-order valence-electron chi connectivity index (χ3n) is 2.08. The molecule has 0 aliphatic heterocycles. The van der Waals surface area contributed by atoms with Crippen molar-refractivity contribution in [1.82, 2.24) is 5.32 Å². The number of hydrogen-bond acceptors (Lipinski definition) is 2. The first-order chi connectivity index (χ1) is 7.63. The van der Waals surface area contributed by atoms with Gasteiger partial charge >= 0.3 is 0 Å². The average Bonchev–Trinajstić information content (AvgIpc) is 2.23. The van der Waals surface area contributed by atoms with Gasteiger partial charge in [0.05, 0.1) is 5.02 Å². The van der Waals surface area contributed by atoms with Crippen molar-refractivity contribution in [2.24, 2.45) is 0 Å². The lowest BCUT2D eigenvalue weighted by molar-refractivity contribution is 0.217. The fourth-order valence-electron chi connectivity index (χ4n) is 1.31. The zero-order chi connectivity index (χ0) is 12.0. The first-order valence-electron chi connectivity index (χ1n) is 5.46. The predicted octanol–water partition coefficient (Wildman–Crippen LogP) is 3.25. The molecule has 1 aromatic rings. The summed E-state index contributed by atoms with van der Waals surface area (Å²) in [5.74, 6) is 0.169. The van der Waals surface area contributed by atoms with Gasteiger partial charge in [0, 0.05) is 6.54 Å². The molecule has 0 saturated heterocycles. The number of nitrogens with one attached hydrogen (secondary N) is 1. The van der Waals surface area contributed by atoms with Crippen LogP contribution in [0.3, 0.4) is 0 Å². The van der Waals surface area contributed by atoms with E-state index in [9.17, 15) is 4.39 Å². The van der Waals surface area contributed by atoms with Gasteiger partial charge in [0.1, 0.15) is 17.7 Å². The first-order valence-corrected chi connectivity index (χ1v) is 5.83. The van der Waals surface area contributed by atoms with E-state index in [4.69, 9.17) is 16.3 Å². The van der Waals surface area contributed by atoms with E-state index in [0.29, 0.717) is 10.8 Å². The highest BCUT2D eigenvalue weighted by molar-refractivity contribution is 6.32. The molecule has 16 heavy (non-hydrogen) atoms. The van der Waals surface area contributed by atoms with Crippen molar-refractivity contribution in [3.8, 4) is 5.75 Å². The molecule has 0 bridgehead atoms. The number of benzene rings is 1. The van der Waals surface area contributed by atoms with Crippen LogP contribution in [0.5, 0.6) is 5.75 Å². The highest BCUT2D eigenvalue weighted by atomic mass is 35.5. The quantitative estimate of drug-likeness (QED) is 0.777. The van der Waals surface area contributed by atoms with Gasteiger partial charge < -0.3 is 10.1 Å². The first kappa shape index (κ1) is 13.3. The average molecular weight is 246 g/mol. The summed E-state index contributed by atoms with van der Waals surface area (Å²) in [6.45, 7) is 5.77. The van der Waals surface area contributed by atoms with Crippen molar-refractivity contribution < 1.29 is 9.13 Å². The summed E-state index contributed by atoms with van der Waals surface area (Å²) in [4.78, 5) is 0. The zero-order valence-electron chi connectivity index (χ0n) is 9.59. The molecule has 1 aromatic carbocycles. The zero-order valence-corrected chi connectivity index (χ0v) is 10.4.